The summed E-state index contributed by atoms with van der Waals surface area (Å²) in [7, 11) is 0. The first kappa shape index (κ1) is 13.9. The highest BCUT2D eigenvalue weighted by Crippen LogP contribution is 2.42. The van der Waals surface area contributed by atoms with E-state index in [2.05, 4.69) is 13.0 Å². The minimum atomic E-state index is -0.359. The minimum absolute atomic E-state index is 0.0994. The van der Waals surface area contributed by atoms with Gasteiger partial charge in [0.25, 0.3) is 0 Å². The summed E-state index contributed by atoms with van der Waals surface area (Å²) >= 11 is 0. The molecule has 0 saturated heterocycles. The zero-order chi connectivity index (χ0) is 13.0. The monoisotopic (exact) mass is 249 g/mol. The summed E-state index contributed by atoms with van der Waals surface area (Å²) in [5.41, 5.74) is 0. The van der Waals surface area contributed by atoms with E-state index in [1.807, 2.05) is 0 Å². The lowest BCUT2D eigenvalue weighted by molar-refractivity contribution is 0.0389. The molecule has 0 bridgehead atoms. The zero-order valence-corrected chi connectivity index (χ0v) is 11.6. The lowest BCUT2D eigenvalue weighted by Gasteiger charge is -2.38. The van der Waals surface area contributed by atoms with Crippen molar-refractivity contribution >= 4 is 0 Å². The SMILES string of the molecule is CCCC1CCC(C2CCC(C#N)C(O)C2)CC1. The van der Waals surface area contributed by atoms with Crippen molar-refractivity contribution in [2.24, 2.45) is 23.7 Å². The van der Waals surface area contributed by atoms with Crippen LogP contribution in [0.1, 0.15) is 64.7 Å². The van der Waals surface area contributed by atoms with Gasteiger partial charge >= 0.3 is 0 Å². The van der Waals surface area contributed by atoms with Gasteiger partial charge in [-0.05, 0) is 49.9 Å². The summed E-state index contributed by atoms with van der Waals surface area (Å²) in [5, 5.41) is 18.9. The van der Waals surface area contributed by atoms with Gasteiger partial charge in [-0.15, -0.1) is 0 Å². The van der Waals surface area contributed by atoms with E-state index in [0.717, 1.165) is 24.7 Å². The van der Waals surface area contributed by atoms with E-state index in [0.29, 0.717) is 5.92 Å². The summed E-state index contributed by atoms with van der Waals surface area (Å²) in [6.07, 6.45) is 10.8. The summed E-state index contributed by atoms with van der Waals surface area (Å²) in [4.78, 5) is 0. The van der Waals surface area contributed by atoms with Crippen molar-refractivity contribution in [3.8, 4) is 6.07 Å². The van der Waals surface area contributed by atoms with E-state index in [-0.39, 0.29) is 12.0 Å². The molecule has 0 heterocycles. The molecule has 18 heavy (non-hydrogen) atoms. The van der Waals surface area contributed by atoms with Gasteiger partial charge in [-0.1, -0.05) is 32.6 Å². The molecular weight excluding hydrogens is 222 g/mol. The largest absolute Gasteiger partial charge is 0.392 e. The van der Waals surface area contributed by atoms with Crippen LogP contribution in [0.25, 0.3) is 0 Å². The van der Waals surface area contributed by atoms with Crippen LogP contribution in [0.4, 0.5) is 0 Å². The van der Waals surface area contributed by atoms with Gasteiger partial charge in [0.15, 0.2) is 0 Å². The molecule has 2 aliphatic carbocycles. The Morgan fingerprint density at radius 2 is 1.72 bits per heavy atom. The van der Waals surface area contributed by atoms with Crippen LogP contribution < -0.4 is 0 Å². The van der Waals surface area contributed by atoms with Crippen molar-refractivity contribution in [3.05, 3.63) is 0 Å². The second kappa shape index (κ2) is 6.57. The van der Waals surface area contributed by atoms with Crippen LogP contribution in [0.2, 0.25) is 0 Å². The highest BCUT2D eigenvalue weighted by molar-refractivity contribution is 4.94. The van der Waals surface area contributed by atoms with Crippen molar-refractivity contribution in [1.29, 1.82) is 5.26 Å². The molecule has 2 heteroatoms. The van der Waals surface area contributed by atoms with Gasteiger partial charge in [-0.25, -0.2) is 0 Å². The predicted octanol–water partition coefficient (Wildman–Crippen LogP) is 3.89. The fraction of sp³-hybridized carbons (Fsp3) is 0.938. The van der Waals surface area contributed by atoms with E-state index in [1.165, 1.54) is 44.9 Å². The van der Waals surface area contributed by atoms with Gasteiger partial charge in [0, 0.05) is 0 Å². The topological polar surface area (TPSA) is 44.0 Å². The molecule has 0 aromatic carbocycles. The third kappa shape index (κ3) is 3.26. The maximum absolute atomic E-state index is 9.98. The molecule has 2 aliphatic rings. The highest BCUT2D eigenvalue weighted by Gasteiger charge is 2.34. The summed E-state index contributed by atoms with van der Waals surface area (Å²) in [6.45, 7) is 2.28. The minimum Gasteiger partial charge on any atom is -0.392 e. The molecule has 0 amide bonds. The van der Waals surface area contributed by atoms with Crippen LogP contribution in [0.5, 0.6) is 0 Å². The first-order chi connectivity index (χ1) is 8.74. The van der Waals surface area contributed by atoms with Crippen LogP contribution in [0.3, 0.4) is 0 Å². The van der Waals surface area contributed by atoms with Crippen molar-refractivity contribution in [1.82, 2.24) is 0 Å². The smallest absolute Gasteiger partial charge is 0.0722 e. The van der Waals surface area contributed by atoms with Crippen molar-refractivity contribution < 1.29 is 5.11 Å². The maximum atomic E-state index is 9.98. The second-order valence-corrected chi connectivity index (χ2v) is 6.45. The van der Waals surface area contributed by atoms with E-state index in [1.54, 1.807) is 0 Å². The average Bonchev–Trinajstić information content (AvgIpc) is 2.40. The van der Waals surface area contributed by atoms with Crippen LogP contribution in [0, 0.1) is 35.0 Å². The number of hydrogen-bond acceptors (Lipinski definition) is 2. The predicted molar refractivity (Wildman–Crippen MR) is 72.8 cm³/mol. The third-order valence-electron chi connectivity index (χ3n) is 5.28. The number of nitriles is 1. The first-order valence-electron chi connectivity index (χ1n) is 7.82. The highest BCUT2D eigenvalue weighted by atomic mass is 16.3. The molecule has 2 saturated carbocycles. The Kier molecular flexibility index (Phi) is 5.06. The summed E-state index contributed by atoms with van der Waals surface area (Å²) in [6, 6.07) is 2.25. The molecule has 0 aliphatic heterocycles. The molecule has 0 aromatic heterocycles. The number of nitrogens with zero attached hydrogens (tertiary/aromatic N) is 1. The number of aliphatic hydroxyl groups is 1. The fourth-order valence-corrected chi connectivity index (χ4v) is 4.11. The molecule has 2 fully saturated rings. The summed E-state index contributed by atoms with van der Waals surface area (Å²) < 4.78 is 0. The Balaban J connectivity index is 1.79. The number of aliphatic hydroxyl groups excluding tert-OH is 1. The van der Waals surface area contributed by atoms with E-state index in [9.17, 15) is 5.11 Å². The lowest BCUT2D eigenvalue weighted by atomic mass is 9.68. The average molecular weight is 249 g/mol. The van der Waals surface area contributed by atoms with E-state index >= 15 is 0 Å². The summed E-state index contributed by atoms with van der Waals surface area (Å²) in [5.74, 6) is 2.38. The molecule has 0 aromatic rings. The van der Waals surface area contributed by atoms with Gasteiger partial charge in [-0.2, -0.15) is 5.26 Å². The molecule has 102 valence electrons. The van der Waals surface area contributed by atoms with Crippen molar-refractivity contribution in [2.75, 3.05) is 0 Å². The molecule has 1 N–H and O–H groups in total. The molecule has 3 unspecified atom stereocenters. The van der Waals surface area contributed by atoms with Crippen LogP contribution in [-0.2, 0) is 0 Å². The van der Waals surface area contributed by atoms with Crippen LogP contribution >= 0.6 is 0 Å². The zero-order valence-electron chi connectivity index (χ0n) is 11.6. The molecule has 2 rings (SSSR count). The van der Waals surface area contributed by atoms with Gasteiger partial charge < -0.3 is 5.11 Å². The van der Waals surface area contributed by atoms with Gasteiger partial charge in [0.05, 0.1) is 18.1 Å². The third-order valence-corrected chi connectivity index (χ3v) is 5.28. The standard InChI is InChI=1S/C16H27NO/c1-2-3-12-4-6-13(7-5-12)14-8-9-15(11-17)16(18)10-14/h12-16,18H,2-10H2,1H3. The number of hydrogen-bond donors (Lipinski definition) is 1. The van der Waals surface area contributed by atoms with Crippen LogP contribution in [0.15, 0.2) is 0 Å². The van der Waals surface area contributed by atoms with E-state index < -0.39 is 0 Å². The molecule has 2 nitrogen and oxygen atoms in total. The molecule has 0 spiro atoms. The fourth-order valence-electron chi connectivity index (χ4n) is 4.11. The Morgan fingerprint density at radius 3 is 2.28 bits per heavy atom. The quantitative estimate of drug-likeness (QED) is 0.824. The molecular formula is C16H27NO. The van der Waals surface area contributed by atoms with Gasteiger partial charge in [0.2, 0.25) is 0 Å². The Bertz CT molecular complexity index is 288. The second-order valence-electron chi connectivity index (χ2n) is 6.45. The first-order valence-corrected chi connectivity index (χ1v) is 7.82. The van der Waals surface area contributed by atoms with E-state index in [4.69, 9.17) is 5.26 Å². The Labute approximate surface area is 111 Å². The van der Waals surface area contributed by atoms with Crippen LogP contribution in [-0.4, -0.2) is 11.2 Å². The normalized spacial score (nSPS) is 41.3. The Morgan fingerprint density at radius 1 is 1.06 bits per heavy atom. The lowest BCUT2D eigenvalue weighted by Crippen LogP contribution is -2.33. The molecule has 0 radical (unpaired) electrons. The maximum Gasteiger partial charge on any atom is 0.0722 e. The number of rotatable bonds is 3. The van der Waals surface area contributed by atoms with Gasteiger partial charge in [0.1, 0.15) is 0 Å². The van der Waals surface area contributed by atoms with Gasteiger partial charge in [-0.3, -0.25) is 0 Å². The molecule has 3 atom stereocenters. The van der Waals surface area contributed by atoms with Crippen molar-refractivity contribution in [2.45, 2.75) is 70.8 Å². The Hall–Kier alpha value is -0.550. The van der Waals surface area contributed by atoms with Crippen molar-refractivity contribution in [3.63, 3.8) is 0 Å².